The van der Waals surface area contributed by atoms with Crippen LogP contribution in [0.5, 0.6) is 5.75 Å². The second-order valence-corrected chi connectivity index (χ2v) is 5.10. The van der Waals surface area contributed by atoms with Crippen LogP contribution in [0.1, 0.15) is 5.56 Å². The standard InChI is InChI=1S/C13H10BrClN2O2/c14-11-6-9(7-16-13(11)15)17-12(19)5-8-2-1-3-10(18)4-8/h1-4,6-7,18H,5H2,(H,17,19). The molecule has 1 aromatic heterocycles. The highest BCUT2D eigenvalue weighted by molar-refractivity contribution is 9.10. The first kappa shape index (κ1) is 13.8. The van der Waals surface area contributed by atoms with Gasteiger partial charge in [0.25, 0.3) is 0 Å². The lowest BCUT2D eigenvalue weighted by molar-refractivity contribution is -0.115. The van der Waals surface area contributed by atoms with Gasteiger partial charge >= 0.3 is 0 Å². The van der Waals surface area contributed by atoms with E-state index in [-0.39, 0.29) is 18.1 Å². The van der Waals surface area contributed by atoms with Crippen molar-refractivity contribution in [2.24, 2.45) is 0 Å². The molecule has 0 aliphatic rings. The van der Waals surface area contributed by atoms with Gasteiger partial charge in [-0.15, -0.1) is 0 Å². The summed E-state index contributed by atoms with van der Waals surface area (Å²) in [6, 6.07) is 8.25. The quantitative estimate of drug-likeness (QED) is 0.841. The van der Waals surface area contributed by atoms with Crippen molar-refractivity contribution in [3.05, 3.63) is 51.7 Å². The lowest BCUT2D eigenvalue weighted by atomic mass is 10.1. The molecule has 2 rings (SSSR count). The van der Waals surface area contributed by atoms with E-state index in [9.17, 15) is 9.90 Å². The van der Waals surface area contributed by atoms with E-state index >= 15 is 0 Å². The Morgan fingerprint density at radius 1 is 1.42 bits per heavy atom. The number of hydrogen-bond donors (Lipinski definition) is 2. The van der Waals surface area contributed by atoms with Crippen molar-refractivity contribution in [3.8, 4) is 5.75 Å². The molecule has 1 heterocycles. The number of pyridine rings is 1. The summed E-state index contributed by atoms with van der Waals surface area (Å²) < 4.78 is 0.615. The van der Waals surface area contributed by atoms with Gasteiger partial charge in [-0.2, -0.15) is 0 Å². The number of hydrogen-bond acceptors (Lipinski definition) is 3. The van der Waals surface area contributed by atoms with Crippen molar-refractivity contribution in [1.82, 2.24) is 4.98 Å². The van der Waals surface area contributed by atoms with Crippen LogP contribution in [0, 0.1) is 0 Å². The highest BCUT2D eigenvalue weighted by Crippen LogP contribution is 2.23. The van der Waals surface area contributed by atoms with Gasteiger partial charge in [0.2, 0.25) is 5.91 Å². The molecule has 6 heteroatoms. The summed E-state index contributed by atoms with van der Waals surface area (Å²) in [5.41, 5.74) is 1.29. The van der Waals surface area contributed by atoms with E-state index < -0.39 is 0 Å². The zero-order valence-corrected chi connectivity index (χ0v) is 12.1. The molecule has 0 saturated carbocycles. The third kappa shape index (κ3) is 3.94. The summed E-state index contributed by atoms with van der Waals surface area (Å²) in [5, 5.41) is 12.4. The zero-order chi connectivity index (χ0) is 13.8. The predicted molar refractivity (Wildman–Crippen MR) is 77.4 cm³/mol. The van der Waals surface area contributed by atoms with Crippen LogP contribution in [0.2, 0.25) is 5.15 Å². The molecule has 0 aliphatic carbocycles. The van der Waals surface area contributed by atoms with Crippen LogP contribution >= 0.6 is 27.5 Å². The molecule has 0 spiro atoms. The third-order valence-electron chi connectivity index (χ3n) is 2.36. The molecule has 1 aromatic carbocycles. The molecule has 4 nitrogen and oxygen atoms in total. The van der Waals surface area contributed by atoms with E-state index in [2.05, 4.69) is 26.2 Å². The molecule has 0 atom stereocenters. The number of aromatic nitrogens is 1. The van der Waals surface area contributed by atoms with Crippen LogP contribution in [-0.2, 0) is 11.2 Å². The number of benzene rings is 1. The van der Waals surface area contributed by atoms with Crippen molar-refractivity contribution in [1.29, 1.82) is 0 Å². The van der Waals surface area contributed by atoms with Crippen LogP contribution in [0.25, 0.3) is 0 Å². The largest absolute Gasteiger partial charge is 0.508 e. The normalized spacial score (nSPS) is 10.2. The molecule has 0 aliphatic heterocycles. The number of carbonyl (C=O) groups is 1. The maximum atomic E-state index is 11.8. The maximum absolute atomic E-state index is 11.8. The van der Waals surface area contributed by atoms with Crippen LogP contribution in [0.3, 0.4) is 0 Å². The van der Waals surface area contributed by atoms with E-state index in [0.29, 0.717) is 15.3 Å². The number of phenols is 1. The summed E-state index contributed by atoms with van der Waals surface area (Å²) in [5.74, 6) is -0.0529. The van der Waals surface area contributed by atoms with Crippen molar-refractivity contribution < 1.29 is 9.90 Å². The van der Waals surface area contributed by atoms with E-state index in [0.717, 1.165) is 5.56 Å². The number of rotatable bonds is 3. The van der Waals surface area contributed by atoms with Crippen LogP contribution in [0.4, 0.5) is 5.69 Å². The molecule has 0 bridgehead atoms. The number of aromatic hydroxyl groups is 1. The summed E-state index contributed by atoms with van der Waals surface area (Å²) in [4.78, 5) is 15.7. The minimum atomic E-state index is -0.193. The smallest absolute Gasteiger partial charge is 0.228 e. The number of amides is 1. The number of halogens is 2. The summed E-state index contributed by atoms with van der Waals surface area (Å²) >= 11 is 9.00. The topological polar surface area (TPSA) is 62.2 Å². The molecule has 2 N–H and O–H groups in total. The molecule has 98 valence electrons. The molecule has 0 unspecified atom stereocenters. The lowest BCUT2D eigenvalue weighted by Crippen LogP contribution is -2.14. The molecular weight excluding hydrogens is 332 g/mol. The monoisotopic (exact) mass is 340 g/mol. The van der Waals surface area contributed by atoms with E-state index in [4.69, 9.17) is 11.6 Å². The van der Waals surface area contributed by atoms with E-state index in [1.807, 2.05) is 0 Å². The number of nitrogens with one attached hydrogen (secondary N) is 1. The number of phenolic OH excluding ortho intramolecular Hbond substituents is 1. The predicted octanol–water partition coefficient (Wildman–Crippen LogP) is 3.38. The Bertz CT molecular complexity index is 619. The first-order valence-corrected chi connectivity index (χ1v) is 6.60. The zero-order valence-electron chi connectivity index (χ0n) is 9.73. The number of anilines is 1. The van der Waals surface area contributed by atoms with Crippen molar-refractivity contribution in [2.75, 3.05) is 5.32 Å². The fraction of sp³-hybridized carbons (Fsp3) is 0.0769. The maximum Gasteiger partial charge on any atom is 0.228 e. The molecule has 1 amide bonds. The van der Waals surface area contributed by atoms with Crippen molar-refractivity contribution >= 4 is 39.1 Å². The van der Waals surface area contributed by atoms with Gasteiger partial charge in [0.05, 0.1) is 22.8 Å². The van der Waals surface area contributed by atoms with E-state index in [1.54, 1.807) is 30.3 Å². The van der Waals surface area contributed by atoms with Crippen LogP contribution < -0.4 is 5.32 Å². The first-order valence-electron chi connectivity index (χ1n) is 5.43. The van der Waals surface area contributed by atoms with Crippen molar-refractivity contribution in [3.63, 3.8) is 0 Å². The highest BCUT2D eigenvalue weighted by atomic mass is 79.9. The van der Waals surface area contributed by atoms with Gasteiger partial charge in [0.1, 0.15) is 10.9 Å². The Kier molecular flexibility index (Phi) is 4.39. The fourth-order valence-electron chi connectivity index (χ4n) is 1.55. The second-order valence-electron chi connectivity index (χ2n) is 3.89. The summed E-state index contributed by atoms with van der Waals surface area (Å²) in [6.45, 7) is 0. The van der Waals surface area contributed by atoms with Gasteiger partial charge in [0, 0.05) is 0 Å². The van der Waals surface area contributed by atoms with Gasteiger partial charge in [-0.05, 0) is 39.7 Å². The summed E-state index contributed by atoms with van der Waals surface area (Å²) in [6.07, 6.45) is 1.65. The Labute approximate surface area is 123 Å². The van der Waals surface area contributed by atoms with Gasteiger partial charge in [-0.25, -0.2) is 4.98 Å². The Morgan fingerprint density at radius 3 is 2.89 bits per heavy atom. The van der Waals surface area contributed by atoms with Crippen LogP contribution in [-0.4, -0.2) is 16.0 Å². The first-order chi connectivity index (χ1) is 9.04. The fourth-order valence-corrected chi connectivity index (χ4v) is 2.00. The number of nitrogens with zero attached hydrogens (tertiary/aromatic N) is 1. The molecule has 0 radical (unpaired) electrons. The number of carbonyl (C=O) groups excluding carboxylic acids is 1. The molecule has 0 fully saturated rings. The molecule has 2 aromatic rings. The average Bonchev–Trinajstić information content (AvgIpc) is 2.34. The van der Waals surface area contributed by atoms with Crippen molar-refractivity contribution in [2.45, 2.75) is 6.42 Å². The SMILES string of the molecule is O=C(Cc1cccc(O)c1)Nc1cnc(Cl)c(Br)c1. The summed E-state index contributed by atoms with van der Waals surface area (Å²) in [7, 11) is 0. The molecule has 19 heavy (non-hydrogen) atoms. The minimum Gasteiger partial charge on any atom is -0.508 e. The van der Waals surface area contributed by atoms with Crippen LogP contribution in [0.15, 0.2) is 41.0 Å². The molecule has 0 saturated heterocycles. The lowest BCUT2D eigenvalue weighted by Gasteiger charge is -2.06. The van der Waals surface area contributed by atoms with Gasteiger partial charge < -0.3 is 10.4 Å². The Hall–Kier alpha value is -1.59. The van der Waals surface area contributed by atoms with Gasteiger partial charge in [-0.3, -0.25) is 4.79 Å². The van der Waals surface area contributed by atoms with Gasteiger partial charge in [-0.1, -0.05) is 23.7 Å². The Balaban J connectivity index is 2.03. The second kappa shape index (κ2) is 6.04. The third-order valence-corrected chi connectivity index (χ3v) is 3.49. The Morgan fingerprint density at radius 2 is 2.21 bits per heavy atom. The average molecular weight is 342 g/mol. The van der Waals surface area contributed by atoms with Gasteiger partial charge in [0.15, 0.2) is 0 Å². The molecular formula is C13H10BrClN2O2. The van der Waals surface area contributed by atoms with E-state index in [1.165, 1.54) is 6.20 Å². The minimum absolute atomic E-state index is 0.140. The highest BCUT2D eigenvalue weighted by Gasteiger charge is 2.06.